The van der Waals surface area contributed by atoms with Gasteiger partial charge in [-0.1, -0.05) is 11.6 Å². The maximum atomic E-state index is 15.5. The Hall–Kier alpha value is -6.58. The van der Waals surface area contributed by atoms with E-state index in [1.54, 1.807) is 18.2 Å². The fraction of sp³-hybridized carbons (Fsp3) is 0.372. The smallest absolute Gasteiger partial charge is 0.262 e. The summed E-state index contributed by atoms with van der Waals surface area (Å²) < 4.78 is 30.8. The Balaban J connectivity index is 0.757. The number of nitrogens with zero attached hydrogens (tertiary/aromatic N) is 8. The van der Waals surface area contributed by atoms with Gasteiger partial charge in [-0.25, -0.2) is 19.3 Å². The first-order valence-corrected chi connectivity index (χ1v) is 20.9. The van der Waals surface area contributed by atoms with E-state index in [-0.39, 0.29) is 53.1 Å². The molecule has 0 bridgehead atoms. The Labute approximate surface area is 359 Å². The van der Waals surface area contributed by atoms with E-state index in [1.807, 2.05) is 11.0 Å². The molecule has 1 saturated carbocycles. The molecule has 2 aromatic heterocycles. The van der Waals surface area contributed by atoms with Gasteiger partial charge in [0.25, 0.3) is 17.7 Å². The first-order valence-electron chi connectivity index (χ1n) is 20.5. The molecular formula is C43H40ClF2N11O5. The predicted molar refractivity (Wildman–Crippen MR) is 221 cm³/mol. The molecular weight excluding hydrogens is 824 g/mol. The number of halogens is 3. The van der Waals surface area contributed by atoms with Gasteiger partial charge in [-0.05, 0) is 81.0 Å². The summed E-state index contributed by atoms with van der Waals surface area (Å²) in [5.74, 6) is -4.03. The SMILES string of the molecule is N#Cc1ccc(N2CCc3c(ncnc3Nc3ccc(C(=O)N[C@H]4CC[C@@H](N5CCN(c6cc7c(cc6F)C(=O)N(C6CCC(=O)NC6=O)C7=O)CC5)CC4)c(F)n3)C2)cc1Cl. The lowest BCUT2D eigenvalue weighted by Crippen LogP contribution is -2.54. The number of carbonyl (C=O) groups is 5. The average molecular weight is 864 g/mol. The van der Waals surface area contributed by atoms with Crippen molar-refractivity contribution >= 4 is 64.1 Å². The zero-order valence-corrected chi connectivity index (χ0v) is 34.1. The summed E-state index contributed by atoms with van der Waals surface area (Å²) >= 11 is 6.26. The van der Waals surface area contributed by atoms with Gasteiger partial charge in [0.2, 0.25) is 17.8 Å². The maximum Gasteiger partial charge on any atom is 0.262 e. The number of fused-ring (bicyclic) bond motifs is 2. The standard InChI is InChI=1S/C43H40ClF2N11O5/c44-31-17-26(4-1-23(31)20-47)56-12-11-27-33(21-56)48-22-49-39(27)52-36-9-7-28(38(46)51-36)40(59)50-24-2-5-25(6-3-24)54-13-15-55(16-14-54)35-19-30-29(18-32(35)45)42(61)57(43(30)62)34-8-10-37(58)53-41(34)60/h1,4,7,9,17-19,22,24-25,34H,2-3,5-6,8,10-16,21H2,(H,50,59)(H,53,58,60)(H,48,49,51,52)/t24-,25+,34?. The van der Waals surface area contributed by atoms with Crippen LogP contribution in [0.2, 0.25) is 5.02 Å². The van der Waals surface area contributed by atoms with Gasteiger partial charge in [0, 0.05) is 62.5 Å². The number of imide groups is 2. The number of aromatic nitrogens is 3. The second-order valence-corrected chi connectivity index (χ2v) is 16.5. The number of anilines is 4. The molecule has 2 saturated heterocycles. The van der Waals surface area contributed by atoms with Crippen LogP contribution in [-0.4, -0.2) is 105 Å². The minimum Gasteiger partial charge on any atom is -0.367 e. The van der Waals surface area contributed by atoms with Crippen LogP contribution in [0, 0.1) is 23.1 Å². The number of piperazine rings is 1. The summed E-state index contributed by atoms with van der Waals surface area (Å²) in [5, 5.41) is 17.8. The summed E-state index contributed by atoms with van der Waals surface area (Å²) in [7, 11) is 0. The zero-order chi connectivity index (χ0) is 43.2. The molecule has 3 N–H and O–H groups in total. The van der Waals surface area contributed by atoms with Crippen LogP contribution in [0.4, 0.5) is 31.8 Å². The summed E-state index contributed by atoms with van der Waals surface area (Å²) in [6, 6.07) is 11.7. The Bertz CT molecular complexity index is 2570. The van der Waals surface area contributed by atoms with Crippen LogP contribution in [-0.2, 0) is 22.6 Å². The second kappa shape index (κ2) is 16.7. The third-order valence-corrected chi connectivity index (χ3v) is 12.8. The molecule has 16 nitrogen and oxygen atoms in total. The Morgan fingerprint density at radius 3 is 2.34 bits per heavy atom. The Kier molecular flexibility index (Phi) is 11.0. The highest BCUT2D eigenvalue weighted by Crippen LogP contribution is 2.35. The summed E-state index contributed by atoms with van der Waals surface area (Å²) in [5.41, 5.74) is 2.90. The predicted octanol–water partition coefficient (Wildman–Crippen LogP) is 4.25. The minimum atomic E-state index is -1.13. The van der Waals surface area contributed by atoms with E-state index in [9.17, 15) is 29.2 Å². The first kappa shape index (κ1) is 40.8. The zero-order valence-electron chi connectivity index (χ0n) is 33.3. The number of nitriles is 1. The largest absolute Gasteiger partial charge is 0.367 e. The van der Waals surface area contributed by atoms with Crippen molar-refractivity contribution in [2.75, 3.05) is 47.8 Å². The van der Waals surface area contributed by atoms with Crippen LogP contribution in [0.5, 0.6) is 0 Å². The molecule has 0 spiro atoms. The molecule has 1 atom stereocenters. The van der Waals surface area contributed by atoms with Crippen molar-refractivity contribution in [3.05, 3.63) is 99.1 Å². The van der Waals surface area contributed by atoms with Gasteiger partial charge in [0.1, 0.15) is 35.9 Å². The molecule has 3 fully saturated rings. The van der Waals surface area contributed by atoms with Crippen molar-refractivity contribution in [3.63, 3.8) is 0 Å². The normalized spacial score (nSPS) is 21.6. The second-order valence-electron chi connectivity index (χ2n) is 16.1. The number of benzene rings is 2. The van der Waals surface area contributed by atoms with Crippen LogP contribution < -0.4 is 25.8 Å². The van der Waals surface area contributed by atoms with Crippen molar-refractivity contribution < 1.29 is 32.8 Å². The van der Waals surface area contributed by atoms with E-state index in [2.05, 4.69) is 46.8 Å². The molecule has 1 unspecified atom stereocenters. The highest BCUT2D eigenvalue weighted by Gasteiger charge is 2.45. The van der Waals surface area contributed by atoms with E-state index in [0.717, 1.165) is 40.8 Å². The lowest BCUT2D eigenvalue weighted by molar-refractivity contribution is -0.136. The summed E-state index contributed by atoms with van der Waals surface area (Å²) in [4.78, 5) is 83.7. The van der Waals surface area contributed by atoms with Gasteiger partial charge in [-0.2, -0.15) is 9.65 Å². The third-order valence-electron chi connectivity index (χ3n) is 12.5. The van der Waals surface area contributed by atoms with Gasteiger partial charge in [0.15, 0.2) is 0 Å². The molecule has 318 valence electrons. The molecule has 0 radical (unpaired) electrons. The van der Waals surface area contributed by atoms with Crippen LogP contribution in [0.15, 0.2) is 48.8 Å². The average Bonchev–Trinajstić information content (AvgIpc) is 3.50. The Morgan fingerprint density at radius 1 is 0.871 bits per heavy atom. The minimum absolute atomic E-state index is 0.00807. The quantitative estimate of drug-likeness (QED) is 0.168. The van der Waals surface area contributed by atoms with Crippen molar-refractivity contribution in [1.29, 1.82) is 5.26 Å². The maximum absolute atomic E-state index is 15.5. The molecule has 2 aromatic carbocycles. The van der Waals surface area contributed by atoms with Crippen molar-refractivity contribution in [1.82, 2.24) is 35.4 Å². The molecule has 5 amide bonds. The summed E-state index contributed by atoms with van der Waals surface area (Å²) in [6.45, 7) is 3.35. The topological polar surface area (TPSA) is 197 Å². The molecule has 4 aromatic rings. The fourth-order valence-corrected chi connectivity index (χ4v) is 9.38. The molecule has 62 heavy (non-hydrogen) atoms. The number of piperidine rings is 1. The molecule has 19 heteroatoms. The lowest BCUT2D eigenvalue weighted by Gasteiger charge is -2.42. The molecule has 6 heterocycles. The monoisotopic (exact) mass is 863 g/mol. The van der Waals surface area contributed by atoms with Crippen molar-refractivity contribution in [3.8, 4) is 6.07 Å². The van der Waals surface area contributed by atoms with Crippen molar-refractivity contribution in [2.24, 2.45) is 0 Å². The lowest BCUT2D eigenvalue weighted by atomic mass is 9.89. The van der Waals surface area contributed by atoms with Gasteiger partial charge in [0.05, 0.1) is 45.2 Å². The first-order chi connectivity index (χ1) is 29.9. The van der Waals surface area contributed by atoms with Gasteiger partial charge >= 0.3 is 0 Å². The number of hydrogen-bond acceptors (Lipinski definition) is 13. The number of pyridine rings is 1. The molecule has 4 aliphatic heterocycles. The van der Waals surface area contributed by atoms with E-state index in [1.165, 1.54) is 18.5 Å². The van der Waals surface area contributed by atoms with E-state index < -0.39 is 47.3 Å². The van der Waals surface area contributed by atoms with E-state index in [4.69, 9.17) is 11.6 Å². The van der Waals surface area contributed by atoms with Gasteiger partial charge in [-0.15, -0.1) is 0 Å². The molecule has 9 rings (SSSR count). The highest BCUT2D eigenvalue weighted by molar-refractivity contribution is 6.32. The van der Waals surface area contributed by atoms with E-state index in [0.29, 0.717) is 74.9 Å². The van der Waals surface area contributed by atoms with Gasteiger partial charge in [-0.3, -0.25) is 39.1 Å². The van der Waals surface area contributed by atoms with Crippen LogP contribution in [0.1, 0.15) is 86.4 Å². The van der Waals surface area contributed by atoms with Crippen molar-refractivity contribution in [2.45, 2.75) is 69.6 Å². The fourth-order valence-electron chi connectivity index (χ4n) is 9.17. The van der Waals surface area contributed by atoms with Crippen LogP contribution in [0.3, 0.4) is 0 Å². The van der Waals surface area contributed by atoms with Crippen LogP contribution in [0.25, 0.3) is 0 Å². The molecule has 1 aliphatic carbocycles. The number of carbonyl (C=O) groups excluding carboxylic acids is 5. The van der Waals surface area contributed by atoms with E-state index >= 15 is 8.78 Å². The van der Waals surface area contributed by atoms with Gasteiger partial charge < -0.3 is 20.4 Å². The highest BCUT2D eigenvalue weighted by atomic mass is 35.5. The third kappa shape index (κ3) is 7.77. The number of hydrogen-bond donors (Lipinski definition) is 3. The number of amides is 5. The summed E-state index contributed by atoms with van der Waals surface area (Å²) in [6.07, 6.45) is 5.02. The number of rotatable bonds is 8. The number of nitrogens with one attached hydrogen (secondary N) is 3. The molecule has 5 aliphatic rings. The van der Waals surface area contributed by atoms with Crippen LogP contribution >= 0.6 is 11.6 Å². The Morgan fingerprint density at radius 2 is 1.63 bits per heavy atom.